The van der Waals surface area contributed by atoms with Crippen LogP contribution in [0, 0.1) is 18.3 Å². The fourth-order valence-electron chi connectivity index (χ4n) is 2.03. The highest BCUT2D eigenvalue weighted by atomic mass is 35.5. The van der Waals surface area contributed by atoms with Crippen molar-refractivity contribution in [3.63, 3.8) is 0 Å². The zero-order chi connectivity index (χ0) is 15.5. The summed E-state index contributed by atoms with van der Waals surface area (Å²) in [5.41, 5.74) is 4.08. The third-order valence-electron chi connectivity index (χ3n) is 3.07. The zero-order valence-electron chi connectivity index (χ0n) is 11.7. The van der Waals surface area contributed by atoms with Gasteiger partial charge in [-0.05, 0) is 25.1 Å². The summed E-state index contributed by atoms with van der Waals surface area (Å²) in [6.07, 6.45) is 3.49. The Morgan fingerprint density at radius 3 is 2.77 bits per heavy atom. The molecule has 0 saturated heterocycles. The number of allylic oxidation sites excluding steroid dienone is 1. The molecule has 0 aliphatic rings. The quantitative estimate of drug-likeness (QED) is 0.717. The average Bonchev–Trinajstić information content (AvgIpc) is 3.14. The molecule has 4 nitrogen and oxygen atoms in total. The summed E-state index contributed by atoms with van der Waals surface area (Å²) in [5, 5.41) is 19.7. The second-order valence-electron chi connectivity index (χ2n) is 4.67. The number of rotatable bonds is 3. The Labute approximate surface area is 136 Å². The van der Waals surface area contributed by atoms with Gasteiger partial charge in [-0.25, -0.2) is 4.98 Å². The SMILES string of the molecule is Cc1csc(/C(C#N)=C/c2cn[nH]c2-c2ccc(Cl)cc2)n1. The van der Waals surface area contributed by atoms with Crippen LogP contribution < -0.4 is 0 Å². The van der Waals surface area contributed by atoms with Crippen molar-refractivity contribution >= 4 is 34.6 Å². The molecule has 0 atom stereocenters. The van der Waals surface area contributed by atoms with Gasteiger partial charge in [-0.3, -0.25) is 5.10 Å². The molecule has 0 amide bonds. The molecule has 2 heterocycles. The summed E-state index contributed by atoms with van der Waals surface area (Å²) in [7, 11) is 0. The molecule has 0 bridgehead atoms. The minimum Gasteiger partial charge on any atom is -0.277 e. The maximum absolute atomic E-state index is 9.39. The van der Waals surface area contributed by atoms with Crippen LogP contribution in [0.15, 0.2) is 35.8 Å². The van der Waals surface area contributed by atoms with E-state index in [0.29, 0.717) is 15.6 Å². The molecule has 0 spiro atoms. The minimum atomic E-state index is 0.523. The third-order valence-corrected chi connectivity index (χ3v) is 4.32. The number of nitriles is 1. The number of aromatic nitrogens is 3. The lowest BCUT2D eigenvalue weighted by molar-refractivity contribution is 1.10. The van der Waals surface area contributed by atoms with Crippen molar-refractivity contribution in [3.05, 3.63) is 57.1 Å². The molecule has 0 unspecified atom stereocenters. The van der Waals surface area contributed by atoms with Gasteiger partial charge in [-0.1, -0.05) is 23.7 Å². The highest BCUT2D eigenvalue weighted by molar-refractivity contribution is 7.11. The summed E-state index contributed by atoms with van der Waals surface area (Å²) in [6.45, 7) is 1.91. The van der Waals surface area contributed by atoms with Gasteiger partial charge in [0.15, 0.2) is 0 Å². The Morgan fingerprint density at radius 2 is 2.14 bits per heavy atom. The van der Waals surface area contributed by atoms with Crippen molar-refractivity contribution in [1.29, 1.82) is 5.26 Å². The Balaban J connectivity index is 2.03. The predicted molar refractivity (Wildman–Crippen MR) is 89.4 cm³/mol. The normalized spacial score (nSPS) is 11.4. The van der Waals surface area contributed by atoms with E-state index in [1.807, 2.05) is 36.6 Å². The lowest BCUT2D eigenvalue weighted by atomic mass is 10.1. The topological polar surface area (TPSA) is 65.4 Å². The monoisotopic (exact) mass is 326 g/mol. The molecule has 3 rings (SSSR count). The van der Waals surface area contributed by atoms with Gasteiger partial charge in [0.2, 0.25) is 0 Å². The van der Waals surface area contributed by atoms with Crippen LogP contribution in [0.4, 0.5) is 0 Å². The Morgan fingerprint density at radius 1 is 1.36 bits per heavy atom. The number of thiazole rings is 1. The Hall–Kier alpha value is -2.42. The first-order chi connectivity index (χ1) is 10.7. The van der Waals surface area contributed by atoms with E-state index in [-0.39, 0.29) is 0 Å². The summed E-state index contributed by atoms with van der Waals surface area (Å²) >= 11 is 7.37. The summed E-state index contributed by atoms with van der Waals surface area (Å²) in [5.74, 6) is 0. The number of H-pyrrole nitrogens is 1. The molecular weight excluding hydrogens is 316 g/mol. The van der Waals surface area contributed by atoms with Crippen LogP contribution in [-0.2, 0) is 0 Å². The van der Waals surface area contributed by atoms with E-state index < -0.39 is 0 Å². The maximum atomic E-state index is 9.39. The predicted octanol–water partition coefficient (Wildman–Crippen LogP) is 4.56. The standard InChI is InChI=1S/C16H11ClN4S/c1-10-9-22-16(20-10)12(7-18)6-13-8-19-21-15(13)11-2-4-14(17)5-3-11/h2-6,8-9H,1H3,(H,19,21)/b12-6+. The van der Waals surface area contributed by atoms with Gasteiger partial charge in [-0.2, -0.15) is 10.4 Å². The van der Waals surface area contributed by atoms with Crippen LogP contribution >= 0.6 is 22.9 Å². The van der Waals surface area contributed by atoms with Gasteiger partial charge in [0.05, 0.1) is 17.5 Å². The van der Waals surface area contributed by atoms with Gasteiger partial charge < -0.3 is 0 Å². The van der Waals surface area contributed by atoms with E-state index in [1.165, 1.54) is 11.3 Å². The fourth-order valence-corrected chi connectivity index (χ4v) is 2.92. The van der Waals surface area contributed by atoms with E-state index in [1.54, 1.807) is 12.3 Å². The zero-order valence-corrected chi connectivity index (χ0v) is 13.2. The highest BCUT2D eigenvalue weighted by Crippen LogP contribution is 2.27. The van der Waals surface area contributed by atoms with E-state index >= 15 is 0 Å². The summed E-state index contributed by atoms with van der Waals surface area (Å²) in [4.78, 5) is 4.36. The first-order valence-corrected chi connectivity index (χ1v) is 7.77. The van der Waals surface area contributed by atoms with Crippen LogP contribution in [0.3, 0.4) is 0 Å². The molecular formula is C16H11ClN4S. The van der Waals surface area contributed by atoms with Gasteiger partial charge in [-0.15, -0.1) is 11.3 Å². The van der Waals surface area contributed by atoms with E-state index in [2.05, 4.69) is 21.3 Å². The number of nitrogens with zero attached hydrogens (tertiary/aromatic N) is 3. The van der Waals surface area contributed by atoms with Gasteiger partial charge in [0.1, 0.15) is 11.1 Å². The maximum Gasteiger partial charge on any atom is 0.134 e. The molecule has 0 aliphatic heterocycles. The lowest BCUT2D eigenvalue weighted by Gasteiger charge is -2.00. The number of nitrogens with one attached hydrogen (secondary N) is 1. The molecule has 1 aromatic carbocycles. The fraction of sp³-hybridized carbons (Fsp3) is 0.0625. The average molecular weight is 327 g/mol. The molecule has 108 valence electrons. The van der Waals surface area contributed by atoms with Crippen molar-refractivity contribution in [2.75, 3.05) is 0 Å². The largest absolute Gasteiger partial charge is 0.277 e. The van der Waals surface area contributed by atoms with Crippen LogP contribution in [0.2, 0.25) is 5.02 Å². The van der Waals surface area contributed by atoms with E-state index in [4.69, 9.17) is 11.6 Å². The van der Waals surface area contributed by atoms with Crippen LogP contribution in [0.5, 0.6) is 0 Å². The number of aromatic amines is 1. The van der Waals surface area contributed by atoms with Gasteiger partial charge >= 0.3 is 0 Å². The molecule has 0 aliphatic carbocycles. The highest BCUT2D eigenvalue weighted by Gasteiger charge is 2.10. The van der Waals surface area contributed by atoms with Crippen molar-refractivity contribution in [2.24, 2.45) is 0 Å². The van der Waals surface area contributed by atoms with Crippen molar-refractivity contribution in [2.45, 2.75) is 6.92 Å². The number of hydrogen-bond acceptors (Lipinski definition) is 4. The molecule has 1 N–H and O–H groups in total. The van der Waals surface area contributed by atoms with Gasteiger partial charge in [0.25, 0.3) is 0 Å². The number of halogens is 1. The van der Waals surface area contributed by atoms with Gasteiger partial charge in [0, 0.05) is 27.2 Å². The molecule has 0 fully saturated rings. The van der Waals surface area contributed by atoms with Crippen molar-refractivity contribution in [3.8, 4) is 17.3 Å². The first-order valence-electron chi connectivity index (χ1n) is 6.51. The molecule has 0 saturated carbocycles. The van der Waals surface area contributed by atoms with Crippen molar-refractivity contribution in [1.82, 2.24) is 15.2 Å². The second-order valence-corrected chi connectivity index (χ2v) is 5.97. The van der Waals surface area contributed by atoms with Crippen LogP contribution in [0.25, 0.3) is 22.9 Å². The first kappa shape index (κ1) is 14.5. The summed E-state index contributed by atoms with van der Waals surface area (Å²) < 4.78 is 0. The number of hydrogen-bond donors (Lipinski definition) is 1. The minimum absolute atomic E-state index is 0.523. The van der Waals surface area contributed by atoms with Crippen LogP contribution in [0.1, 0.15) is 16.3 Å². The Bertz CT molecular complexity index is 868. The molecule has 22 heavy (non-hydrogen) atoms. The molecule has 6 heteroatoms. The van der Waals surface area contributed by atoms with Crippen molar-refractivity contribution < 1.29 is 0 Å². The lowest BCUT2D eigenvalue weighted by Crippen LogP contribution is -1.84. The summed E-state index contributed by atoms with van der Waals surface area (Å²) in [6, 6.07) is 9.66. The third kappa shape index (κ3) is 2.93. The molecule has 0 radical (unpaired) electrons. The smallest absolute Gasteiger partial charge is 0.134 e. The second kappa shape index (κ2) is 6.14. The Kier molecular flexibility index (Phi) is 4.05. The van der Waals surface area contributed by atoms with E-state index in [0.717, 1.165) is 22.5 Å². The number of aryl methyl sites for hydroxylation is 1. The molecule has 2 aromatic heterocycles. The molecule has 3 aromatic rings. The van der Waals surface area contributed by atoms with E-state index in [9.17, 15) is 5.26 Å². The number of benzene rings is 1. The van der Waals surface area contributed by atoms with Crippen LogP contribution in [-0.4, -0.2) is 15.2 Å².